The van der Waals surface area contributed by atoms with E-state index in [2.05, 4.69) is 10.2 Å². The molecular formula is C17H24Cl2N2O2. The van der Waals surface area contributed by atoms with Gasteiger partial charge in [-0.3, -0.25) is 4.90 Å². The van der Waals surface area contributed by atoms with Crippen molar-refractivity contribution in [2.24, 2.45) is 0 Å². The maximum atomic E-state index is 11.8. The lowest BCUT2D eigenvalue weighted by Gasteiger charge is -2.33. The monoisotopic (exact) mass is 358 g/mol. The first-order valence-electron chi connectivity index (χ1n) is 7.89. The molecular weight excluding hydrogens is 335 g/mol. The van der Waals surface area contributed by atoms with Gasteiger partial charge in [0.05, 0.1) is 0 Å². The lowest BCUT2D eigenvalue weighted by molar-refractivity contribution is 0.0477. The average molecular weight is 359 g/mol. The molecule has 0 unspecified atom stereocenters. The van der Waals surface area contributed by atoms with E-state index in [9.17, 15) is 4.79 Å². The number of carbonyl (C=O) groups is 1. The Balaban J connectivity index is 1.80. The molecule has 0 atom stereocenters. The van der Waals surface area contributed by atoms with E-state index in [1.165, 1.54) is 0 Å². The molecule has 0 aromatic heterocycles. The number of likely N-dealkylation sites (tertiary alicyclic amines) is 1. The average Bonchev–Trinajstić information content (AvgIpc) is 2.43. The van der Waals surface area contributed by atoms with E-state index in [0.29, 0.717) is 5.02 Å². The van der Waals surface area contributed by atoms with E-state index in [1.54, 1.807) is 6.07 Å². The number of hydrogen-bond acceptors (Lipinski definition) is 3. The summed E-state index contributed by atoms with van der Waals surface area (Å²) in [4.78, 5) is 14.1. The van der Waals surface area contributed by atoms with Crippen molar-refractivity contribution in [3.8, 4) is 0 Å². The molecule has 1 amide bonds. The number of nitrogens with one attached hydrogen (secondary N) is 1. The normalized spacial score (nSPS) is 17.1. The number of alkyl carbamates (subject to hydrolysis) is 1. The molecule has 0 aliphatic carbocycles. The van der Waals surface area contributed by atoms with Crippen LogP contribution in [0.2, 0.25) is 10.0 Å². The van der Waals surface area contributed by atoms with Crippen LogP contribution in [-0.4, -0.2) is 35.7 Å². The molecule has 23 heavy (non-hydrogen) atoms. The summed E-state index contributed by atoms with van der Waals surface area (Å²) in [6.07, 6.45) is 1.46. The van der Waals surface area contributed by atoms with Gasteiger partial charge in [0.2, 0.25) is 0 Å². The summed E-state index contributed by atoms with van der Waals surface area (Å²) in [5, 5.41) is 4.38. The Labute approximate surface area is 148 Å². The van der Waals surface area contributed by atoms with Crippen molar-refractivity contribution in [1.29, 1.82) is 0 Å². The number of amides is 1. The summed E-state index contributed by atoms with van der Waals surface area (Å²) in [5.74, 6) is 0. The summed E-state index contributed by atoms with van der Waals surface area (Å²) in [6, 6.07) is 5.70. The van der Waals surface area contributed by atoms with Gasteiger partial charge < -0.3 is 10.1 Å². The zero-order chi connectivity index (χ0) is 17.0. The van der Waals surface area contributed by atoms with Crippen LogP contribution in [0.15, 0.2) is 18.2 Å². The van der Waals surface area contributed by atoms with E-state index < -0.39 is 5.60 Å². The molecule has 1 saturated heterocycles. The molecule has 1 fully saturated rings. The van der Waals surface area contributed by atoms with Gasteiger partial charge in [-0.2, -0.15) is 0 Å². The number of nitrogens with zero attached hydrogens (tertiary/aromatic N) is 1. The molecule has 1 aliphatic heterocycles. The van der Waals surface area contributed by atoms with Crippen LogP contribution in [0.3, 0.4) is 0 Å². The van der Waals surface area contributed by atoms with Crippen LogP contribution in [0, 0.1) is 0 Å². The van der Waals surface area contributed by atoms with Crippen molar-refractivity contribution < 1.29 is 9.53 Å². The maximum Gasteiger partial charge on any atom is 0.407 e. The SMILES string of the molecule is CC(C)(C)OC(=O)NC1CCN(Cc2cc(Cl)ccc2Cl)CC1. The Kier molecular flexibility index (Phi) is 6.18. The second-order valence-corrected chi connectivity index (χ2v) is 7.78. The highest BCUT2D eigenvalue weighted by molar-refractivity contribution is 6.33. The molecule has 1 heterocycles. The Hall–Kier alpha value is -0.970. The van der Waals surface area contributed by atoms with Crippen LogP contribution < -0.4 is 5.32 Å². The van der Waals surface area contributed by atoms with Gasteiger partial charge in [0.1, 0.15) is 5.60 Å². The van der Waals surface area contributed by atoms with Crippen LogP contribution in [-0.2, 0) is 11.3 Å². The van der Waals surface area contributed by atoms with Gasteiger partial charge in [0.15, 0.2) is 0 Å². The minimum absolute atomic E-state index is 0.163. The van der Waals surface area contributed by atoms with Crippen molar-refractivity contribution in [2.45, 2.75) is 51.8 Å². The predicted molar refractivity (Wildman–Crippen MR) is 94.1 cm³/mol. The van der Waals surface area contributed by atoms with Crippen LogP contribution in [0.1, 0.15) is 39.2 Å². The predicted octanol–water partition coefficient (Wildman–Crippen LogP) is 4.48. The lowest BCUT2D eigenvalue weighted by atomic mass is 10.0. The summed E-state index contributed by atoms with van der Waals surface area (Å²) >= 11 is 12.2. The van der Waals surface area contributed by atoms with Crippen LogP contribution in [0.5, 0.6) is 0 Å². The van der Waals surface area contributed by atoms with Gasteiger partial charge in [-0.15, -0.1) is 0 Å². The molecule has 2 rings (SSSR count). The zero-order valence-corrected chi connectivity index (χ0v) is 15.4. The summed E-state index contributed by atoms with van der Waals surface area (Å²) in [7, 11) is 0. The molecule has 0 saturated carbocycles. The number of carbonyl (C=O) groups excluding carboxylic acids is 1. The molecule has 4 nitrogen and oxygen atoms in total. The van der Waals surface area contributed by atoms with Gasteiger partial charge in [-0.1, -0.05) is 23.2 Å². The van der Waals surface area contributed by atoms with Crippen molar-refractivity contribution in [3.63, 3.8) is 0 Å². The minimum atomic E-state index is -0.464. The number of benzene rings is 1. The Morgan fingerprint density at radius 3 is 2.57 bits per heavy atom. The van der Waals surface area contributed by atoms with E-state index in [0.717, 1.165) is 43.1 Å². The Morgan fingerprint density at radius 1 is 1.30 bits per heavy atom. The molecule has 1 aromatic carbocycles. The smallest absolute Gasteiger partial charge is 0.407 e. The molecule has 0 radical (unpaired) electrons. The lowest BCUT2D eigenvalue weighted by Crippen LogP contribution is -2.45. The minimum Gasteiger partial charge on any atom is -0.444 e. The third kappa shape index (κ3) is 6.21. The van der Waals surface area contributed by atoms with E-state index in [-0.39, 0.29) is 12.1 Å². The van der Waals surface area contributed by atoms with E-state index in [1.807, 2.05) is 32.9 Å². The van der Waals surface area contributed by atoms with Crippen molar-refractivity contribution in [1.82, 2.24) is 10.2 Å². The number of halogens is 2. The first-order chi connectivity index (χ1) is 10.7. The molecule has 128 valence electrons. The van der Waals surface area contributed by atoms with Crippen molar-refractivity contribution in [3.05, 3.63) is 33.8 Å². The summed E-state index contributed by atoms with van der Waals surface area (Å²) < 4.78 is 5.30. The number of ether oxygens (including phenoxy) is 1. The molecule has 1 aromatic rings. The maximum absolute atomic E-state index is 11.8. The molecule has 0 spiro atoms. The Bertz CT molecular complexity index is 550. The number of hydrogen-bond donors (Lipinski definition) is 1. The highest BCUT2D eigenvalue weighted by Gasteiger charge is 2.23. The van der Waals surface area contributed by atoms with Crippen LogP contribution in [0.25, 0.3) is 0 Å². The quantitative estimate of drug-likeness (QED) is 0.865. The van der Waals surface area contributed by atoms with Gasteiger partial charge in [-0.25, -0.2) is 4.79 Å². The largest absolute Gasteiger partial charge is 0.444 e. The fourth-order valence-electron chi connectivity index (χ4n) is 2.62. The first kappa shape index (κ1) is 18.4. The fourth-order valence-corrected chi connectivity index (χ4v) is 2.99. The highest BCUT2D eigenvalue weighted by atomic mass is 35.5. The van der Waals surface area contributed by atoms with Crippen molar-refractivity contribution >= 4 is 29.3 Å². The number of rotatable bonds is 3. The zero-order valence-electron chi connectivity index (χ0n) is 13.9. The molecule has 1 aliphatic rings. The van der Waals surface area contributed by atoms with Gasteiger partial charge in [-0.05, 0) is 57.4 Å². The summed E-state index contributed by atoms with van der Waals surface area (Å²) in [5.41, 5.74) is 0.575. The van der Waals surface area contributed by atoms with E-state index in [4.69, 9.17) is 27.9 Å². The molecule has 1 N–H and O–H groups in total. The fraction of sp³-hybridized carbons (Fsp3) is 0.588. The highest BCUT2D eigenvalue weighted by Crippen LogP contribution is 2.23. The first-order valence-corrected chi connectivity index (χ1v) is 8.64. The summed E-state index contributed by atoms with van der Waals surface area (Å²) in [6.45, 7) is 8.18. The van der Waals surface area contributed by atoms with Gasteiger partial charge in [0, 0.05) is 35.7 Å². The molecule has 6 heteroatoms. The molecule has 0 bridgehead atoms. The Morgan fingerprint density at radius 2 is 1.96 bits per heavy atom. The van der Waals surface area contributed by atoms with Crippen LogP contribution in [0.4, 0.5) is 4.79 Å². The number of piperidine rings is 1. The third-order valence-corrected chi connectivity index (χ3v) is 4.31. The van der Waals surface area contributed by atoms with E-state index >= 15 is 0 Å². The van der Waals surface area contributed by atoms with Gasteiger partial charge in [0.25, 0.3) is 0 Å². The standard InChI is InChI=1S/C17H24Cl2N2O2/c1-17(2,3)23-16(22)20-14-6-8-21(9-7-14)11-12-10-13(18)4-5-15(12)19/h4-5,10,14H,6-9,11H2,1-3H3,(H,20,22). The van der Waals surface area contributed by atoms with Crippen LogP contribution >= 0.6 is 23.2 Å². The third-order valence-electron chi connectivity index (χ3n) is 3.71. The van der Waals surface area contributed by atoms with Crippen molar-refractivity contribution in [2.75, 3.05) is 13.1 Å². The second kappa shape index (κ2) is 7.73. The topological polar surface area (TPSA) is 41.6 Å². The second-order valence-electron chi connectivity index (χ2n) is 6.93. The van der Waals surface area contributed by atoms with Gasteiger partial charge >= 0.3 is 6.09 Å².